The molecule has 15 nitrogen and oxygen atoms in total. The van der Waals surface area contributed by atoms with Crippen molar-refractivity contribution in [2.45, 2.75) is 109 Å². The van der Waals surface area contributed by atoms with Crippen molar-refractivity contribution in [2.75, 3.05) is 56.0 Å². The molecule has 1 aliphatic carbocycles. The number of pyridine rings is 1. The summed E-state index contributed by atoms with van der Waals surface area (Å²) in [5.41, 5.74) is 1.80. The lowest BCUT2D eigenvalue weighted by Gasteiger charge is -2.42. The van der Waals surface area contributed by atoms with Gasteiger partial charge >= 0.3 is 0 Å². The molecule has 296 valence electrons. The number of carbonyl (C=O) groups excluding carboxylic acids is 4. The normalized spacial score (nSPS) is 20.3. The van der Waals surface area contributed by atoms with Crippen LogP contribution in [0.5, 0.6) is 0 Å². The molecule has 3 aliphatic heterocycles. The summed E-state index contributed by atoms with van der Waals surface area (Å²) < 4.78 is 2.16. The zero-order chi connectivity index (χ0) is 38.7. The molecule has 1 saturated carbocycles. The Kier molecular flexibility index (Phi) is 11.3. The number of nitrogens with one attached hydrogen (secondary N) is 3. The first-order valence-corrected chi connectivity index (χ1v) is 20.1. The highest BCUT2D eigenvalue weighted by Crippen LogP contribution is 2.40. The van der Waals surface area contributed by atoms with Gasteiger partial charge in [0.25, 0.3) is 5.91 Å². The summed E-state index contributed by atoms with van der Waals surface area (Å²) in [6.45, 7) is 9.91. The molecule has 3 fully saturated rings. The van der Waals surface area contributed by atoms with Gasteiger partial charge < -0.3 is 40.3 Å². The second-order valence-electron chi connectivity index (χ2n) is 16.9. The molecular weight excluding hydrogens is 701 g/mol. The molecule has 0 aromatic carbocycles. The second kappa shape index (κ2) is 16.1. The van der Waals surface area contributed by atoms with Crippen LogP contribution in [0.3, 0.4) is 0 Å². The lowest BCUT2D eigenvalue weighted by Crippen LogP contribution is -2.54. The average molecular weight is 757 g/mol. The molecule has 1 spiro atoms. The smallest absolute Gasteiger partial charge is 0.268 e. The third-order valence-corrected chi connectivity index (χ3v) is 11.8. The summed E-state index contributed by atoms with van der Waals surface area (Å²) in [6, 6.07) is 5.17. The number of anilines is 3. The van der Waals surface area contributed by atoms with Crippen LogP contribution < -0.4 is 20.9 Å². The average Bonchev–Trinajstić information content (AvgIpc) is 3.80. The van der Waals surface area contributed by atoms with Crippen molar-refractivity contribution in [3.8, 4) is 0 Å². The van der Waals surface area contributed by atoms with Crippen LogP contribution in [0.25, 0.3) is 11.0 Å². The van der Waals surface area contributed by atoms with E-state index in [0.29, 0.717) is 95.4 Å². The summed E-state index contributed by atoms with van der Waals surface area (Å²) in [5, 5.41) is 20.0. The van der Waals surface area contributed by atoms with E-state index in [1.807, 2.05) is 50.1 Å². The molecule has 4 N–H and O–H groups in total. The molecular formula is C40H56N10O5. The predicted octanol–water partition coefficient (Wildman–Crippen LogP) is 3.70. The minimum Gasteiger partial charge on any atom is -0.391 e. The van der Waals surface area contributed by atoms with E-state index in [4.69, 9.17) is 4.98 Å². The van der Waals surface area contributed by atoms with Crippen LogP contribution in [0, 0.1) is 5.41 Å². The minimum absolute atomic E-state index is 0.0670. The van der Waals surface area contributed by atoms with E-state index in [1.54, 1.807) is 11.1 Å². The Morgan fingerprint density at radius 3 is 2.42 bits per heavy atom. The number of aromatic nitrogens is 4. The van der Waals surface area contributed by atoms with Gasteiger partial charge in [-0.05, 0) is 55.7 Å². The van der Waals surface area contributed by atoms with Crippen molar-refractivity contribution in [2.24, 2.45) is 5.41 Å². The number of amides is 4. The number of piperazine rings is 1. The molecule has 2 saturated heterocycles. The molecule has 4 amide bonds. The molecule has 6 heterocycles. The number of hydrogen-bond donors (Lipinski definition) is 4. The van der Waals surface area contributed by atoms with E-state index in [9.17, 15) is 24.3 Å². The van der Waals surface area contributed by atoms with Crippen molar-refractivity contribution in [1.29, 1.82) is 0 Å². The Labute approximate surface area is 322 Å². The van der Waals surface area contributed by atoms with Crippen molar-refractivity contribution in [3.05, 3.63) is 36.3 Å². The number of aliphatic hydroxyl groups is 1. The standard InChI is InChI=1S/C40H56N10O5/c1-39(2,3)34(37(55)49-17-14-29(51)25-49)45-32(52)10-6-4-7-11-33(53)48-20-18-47(19-21-48)28-12-13-31(41-24-28)44-38-42-23-27-22-30-36(54)43-26-40(15-8-5-9-16-40)50(30)35(27)46-38/h12-13,22-24,29,34,51H,4-11,14-21,25-26H2,1-3H3,(H,43,54)(H,45,52)(H,41,42,44,46)/t29-,34-/m1/s1. The van der Waals surface area contributed by atoms with E-state index >= 15 is 0 Å². The molecule has 4 aliphatic rings. The van der Waals surface area contributed by atoms with Crippen LogP contribution >= 0.6 is 0 Å². The van der Waals surface area contributed by atoms with Crippen molar-refractivity contribution in [3.63, 3.8) is 0 Å². The quantitative estimate of drug-likeness (QED) is 0.211. The van der Waals surface area contributed by atoms with Crippen LogP contribution in [-0.4, -0.2) is 116 Å². The molecule has 55 heavy (non-hydrogen) atoms. The van der Waals surface area contributed by atoms with Crippen LogP contribution in [-0.2, 0) is 19.9 Å². The molecule has 0 unspecified atom stereocenters. The van der Waals surface area contributed by atoms with Gasteiger partial charge in [-0.3, -0.25) is 19.2 Å². The number of β-amino-alcohol motifs (C(OH)–C–C–N with tert-alkyl or cyclic N) is 1. The van der Waals surface area contributed by atoms with Gasteiger partial charge in [0.15, 0.2) is 0 Å². The highest BCUT2D eigenvalue weighted by Gasteiger charge is 2.42. The molecule has 3 aromatic heterocycles. The lowest BCUT2D eigenvalue weighted by atomic mass is 9.80. The Bertz CT molecular complexity index is 1870. The molecule has 2 atom stereocenters. The minimum atomic E-state index is -0.649. The third kappa shape index (κ3) is 8.56. The van der Waals surface area contributed by atoms with Crippen molar-refractivity contribution >= 4 is 52.1 Å². The second-order valence-corrected chi connectivity index (χ2v) is 16.9. The predicted molar refractivity (Wildman–Crippen MR) is 209 cm³/mol. The number of likely N-dealkylation sites (tertiary alicyclic amines) is 1. The Balaban J connectivity index is 0.844. The summed E-state index contributed by atoms with van der Waals surface area (Å²) in [6.07, 6.45) is 12.0. The molecule has 3 aromatic rings. The van der Waals surface area contributed by atoms with E-state index in [-0.39, 0.29) is 29.2 Å². The first kappa shape index (κ1) is 38.5. The zero-order valence-electron chi connectivity index (χ0n) is 32.5. The first-order valence-electron chi connectivity index (χ1n) is 20.1. The maximum atomic E-state index is 13.1. The SMILES string of the molecule is CC(C)(C)[C@H](NC(=O)CCCCCC(=O)N1CCN(c2ccc(Nc3ncc4cc5n(c4n3)C3(CCCCC3)CNC5=O)nc2)CC1)C(=O)N1CC[C@@H](O)C1. The maximum absolute atomic E-state index is 13.1. The fourth-order valence-electron chi connectivity index (χ4n) is 8.60. The van der Waals surface area contributed by atoms with Gasteiger partial charge in [0, 0.05) is 70.2 Å². The number of fused-ring (bicyclic) bond motifs is 4. The van der Waals surface area contributed by atoms with Crippen LogP contribution in [0.4, 0.5) is 17.5 Å². The molecule has 7 rings (SSSR count). The fourth-order valence-corrected chi connectivity index (χ4v) is 8.60. The van der Waals surface area contributed by atoms with Gasteiger partial charge in [-0.2, -0.15) is 4.98 Å². The fraction of sp³-hybridized carbons (Fsp3) is 0.625. The highest BCUT2D eigenvalue weighted by molar-refractivity contribution is 5.99. The van der Waals surface area contributed by atoms with Gasteiger partial charge in [0.05, 0.1) is 23.5 Å². The number of hydrogen-bond acceptors (Lipinski definition) is 10. The summed E-state index contributed by atoms with van der Waals surface area (Å²) in [5.74, 6) is 0.806. The maximum Gasteiger partial charge on any atom is 0.268 e. The van der Waals surface area contributed by atoms with Crippen molar-refractivity contribution < 1.29 is 24.3 Å². The third-order valence-electron chi connectivity index (χ3n) is 11.8. The Morgan fingerprint density at radius 1 is 0.964 bits per heavy atom. The Morgan fingerprint density at radius 2 is 1.73 bits per heavy atom. The van der Waals surface area contributed by atoms with Gasteiger partial charge in [0.1, 0.15) is 23.2 Å². The number of rotatable bonds is 11. The van der Waals surface area contributed by atoms with Crippen LogP contribution in [0.2, 0.25) is 0 Å². The molecule has 15 heteroatoms. The van der Waals surface area contributed by atoms with Gasteiger partial charge in [-0.25, -0.2) is 9.97 Å². The number of nitrogens with zero attached hydrogens (tertiary/aromatic N) is 7. The number of carbonyl (C=O) groups is 4. The summed E-state index contributed by atoms with van der Waals surface area (Å²) >= 11 is 0. The van der Waals surface area contributed by atoms with Crippen LogP contribution in [0.15, 0.2) is 30.6 Å². The van der Waals surface area contributed by atoms with E-state index < -0.39 is 17.6 Å². The topological polar surface area (TPSA) is 178 Å². The molecule has 0 radical (unpaired) electrons. The summed E-state index contributed by atoms with van der Waals surface area (Å²) in [4.78, 5) is 71.5. The number of unbranched alkanes of at least 4 members (excludes halogenated alkanes) is 2. The van der Waals surface area contributed by atoms with E-state index in [0.717, 1.165) is 48.8 Å². The van der Waals surface area contributed by atoms with Gasteiger partial charge in [-0.1, -0.05) is 46.5 Å². The molecule has 0 bridgehead atoms. The van der Waals surface area contributed by atoms with Gasteiger partial charge in [-0.15, -0.1) is 0 Å². The van der Waals surface area contributed by atoms with E-state index in [1.165, 1.54) is 6.42 Å². The van der Waals surface area contributed by atoms with E-state index in [2.05, 4.69) is 35.4 Å². The Hall–Kier alpha value is -4.79. The lowest BCUT2D eigenvalue weighted by molar-refractivity contribution is -0.139. The van der Waals surface area contributed by atoms with Gasteiger partial charge in [0.2, 0.25) is 23.7 Å². The van der Waals surface area contributed by atoms with Crippen molar-refractivity contribution in [1.82, 2.24) is 40.0 Å². The summed E-state index contributed by atoms with van der Waals surface area (Å²) in [7, 11) is 0. The van der Waals surface area contributed by atoms with Crippen LogP contribution in [0.1, 0.15) is 102 Å². The largest absolute Gasteiger partial charge is 0.391 e. The first-order chi connectivity index (χ1) is 26.4. The zero-order valence-corrected chi connectivity index (χ0v) is 32.5. The number of aliphatic hydroxyl groups excluding tert-OH is 1. The monoisotopic (exact) mass is 756 g/mol. The highest BCUT2D eigenvalue weighted by atomic mass is 16.3.